The lowest BCUT2D eigenvalue weighted by Crippen LogP contribution is -2.41. The SMILES string of the molecule is CC(C)(NC(=O)CCOc1ccc(F)cc1)c1ccc2c(c1)OCO2. The Morgan fingerprint density at radius 2 is 1.88 bits per heavy atom. The van der Waals surface area contributed by atoms with E-state index in [1.54, 1.807) is 0 Å². The fourth-order valence-electron chi connectivity index (χ4n) is 2.56. The number of nitrogens with one attached hydrogen (secondary N) is 1. The van der Waals surface area contributed by atoms with Crippen molar-refractivity contribution in [3.05, 3.63) is 53.8 Å². The lowest BCUT2D eigenvalue weighted by molar-refractivity contribution is -0.123. The maximum Gasteiger partial charge on any atom is 0.231 e. The molecule has 132 valence electrons. The Morgan fingerprint density at radius 1 is 1.16 bits per heavy atom. The zero-order valence-corrected chi connectivity index (χ0v) is 14.2. The monoisotopic (exact) mass is 345 g/mol. The highest BCUT2D eigenvalue weighted by Gasteiger charge is 2.25. The molecule has 2 aromatic carbocycles. The second-order valence-electron chi connectivity index (χ2n) is 6.29. The van der Waals surface area contributed by atoms with Gasteiger partial charge in [-0.3, -0.25) is 4.79 Å². The third-order valence-electron chi connectivity index (χ3n) is 3.96. The van der Waals surface area contributed by atoms with Gasteiger partial charge in [0.2, 0.25) is 12.7 Å². The van der Waals surface area contributed by atoms with E-state index in [1.807, 2.05) is 32.0 Å². The Kier molecular flexibility index (Phi) is 4.79. The van der Waals surface area contributed by atoms with Gasteiger partial charge in [0, 0.05) is 0 Å². The molecule has 0 saturated heterocycles. The van der Waals surface area contributed by atoms with Crippen LogP contribution in [0.15, 0.2) is 42.5 Å². The Morgan fingerprint density at radius 3 is 2.64 bits per heavy atom. The summed E-state index contributed by atoms with van der Waals surface area (Å²) in [4.78, 5) is 12.2. The summed E-state index contributed by atoms with van der Waals surface area (Å²) in [5.74, 6) is 1.46. The van der Waals surface area contributed by atoms with Crippen LogP contribution in [0.5, 0.6) is 17.2 Å². The molecule has 0 aromatic heterocycles. The fraction of sp³-hybridized carbons (Fsp3) is 0.316. The number of amides is 1. The molecule has 1 aliphatic rings. The Balaban J connectivity index is 1.53. The molecule has 25 heavy (non-hydrogen) atoms. The minimum atomic E-state index is -0.562. The second kappa shape index (κ2) is 7.01. The Hall–Kier alpha value is -2.76. The van der Waals surface area contributed by atoms with E-state index >= 15 is 0 Å². The smallest absolute Gasteiger partial charge is 0.231 e. The molecule has 0 saturated carbocycles. The van der Waals surface area contributed by atoms with Crippen LogP contribution in [0.2, 0.25) is 0 Å². The molecule has 0 aliphatic carbocycles. The highest BCUT2D eigenvalue weighted by Crippen LogP contribution is 2.35. The van der Waals surface area contributed by atoms with Crippen molar-refractivity contribution in [1.82, 2.24) is 5.32 Å². The quantitative estimate of drug-likeness (QED) is 0.872. The maximum absolute atomic E-state index is 12.8. The standard InChI is InChI=1S/C19H20FNO4/c1-19(2,13-3-8-16-17(11-13)25-12-24-16)21-18(22)9-10-23-15-6-4-14(20)5-7-15/h3-8,11H,9-10,12H2,1-2H3,(H,21,22). The molecule has 5 nitrogen and oxygen atoms in total. The lowest BCUT2D eigenvalue weighted by Gasteiger charge is -2.27. The number of rotatable bonds is 6. The zero-order valence-electron chi connectivity index (χ0n) is 14.2. The molecule has 1 amide bonds. The highest BCUT2D eigenvalue weighted by atomic mass is 19.1. The van der Waals surface area contributed by atoms with Gasteiger partial charge in [0.25, 0.3) is 0 Å². The molecule has 1 N–H and O–H groups in total. The summed E-state index contributed by atoms with van der Waals surface area (Å²) >= 11 is 0. The average molecular weight is 345 g/mol. The van der Waals surface area contributed by atoms with Crippen molar-refractivity contribution in [2.24, 2.45) is 0 Å². The molecular weight excluding hydrogens is 325 g/mol. The largest absolute Gasteiger partial charge is 0.493 e. The molecule has 6 heteroatoms. The maximum atomic E-state index is 12.8. The molecule has 0 spiro atoms. The summed E-state index contributed by atoms with van der Waals surface area (Å²) in [7, 11) is 0. The van der Waals surface area contributed by atoms with Crippen molar-refractivity contribution in [1.29, 1.82) is 0 Å². The van der Waals surface area contributed by atoms with E-state index in [0.717, 1.165) is 5.56 Å². The zero-order chi connectivity index (χ0) is 17.9. The van der Waals surface area contributed by atoms with E-state index in [2.05, 4.69) is 5.32 Å². The van der Waals surface area contributed by atoms with Crippen molar-refractivity contribution >= 4 is 5.91 Å². The van der Waals surface area contributed by atoms with E-state index in [-0.39, 0.29) is 31.5 Å². The van der Waals surface area contributed by atoms with Gasteiger partial charge in [-0.2, -0.15) is 0 Å². The summed E-state index contributed by atoms with van der Waals surface area (Å²) in [6, 6.07) is 11.3. The van der Waals surface area contributed by atoms with Crippen LogP contribution < -0.4 is 19.5 Å². The predicted octanol–water partition coefficient (Wildman–Crippen LogP) is 3.37. The van der Waals surface area contributed by atoms with Crippen molar-refractivity contribution < 1.29 is 23.4 Å². The molecule has 3 rings (SSSR count). The first-order valence-electron chi connectivity index (χ1n) is 8.03. The van der Waals surface area contributed by atoms with Gasteiger partial charge >= 0.3 is 0 Å². The van der Waals surface area contributed by atoms with Crippen molar-refractivity contribution in [2.45, 2.75) is 25.8 Å². The number of hydrogen-bond donors (Lipinski definition) is 1. The number of carbonyl (C=O) groups is 1. The first kappa shape index (κ1) is 17.1. The molecule has 0 fully saturated rings. The summed E-state index contributed by atoms with van der Waals surface area (Å²) in [6.45, 7) is 4.27. The molecule has 1 aliphatic heterocycles. The van der Waals surface area contributed by atoms with Crippen LogP contribution in [0.25, 0.3) is 0 Å². The molecule has 0 atom stereocenters. The molecule has 2 aromatic rings. The van der Waals surface area contributed by atoms with Crippen LogP contribution in [0, 0.1) is 5.82 Å². The minimum absolute atomic E-state index is 0.134. The molecule has 0 bridgehead atoms. The molecule has 1 heterocycles. The van der Waals surface area contributed by atoms with Crippen molar-refractivity contribution in [3.8, 4) is 17.2 Å². The third kappa shape index (κ3) is 4.21. The summed E-state index contributed by atoms with van der Waals surface area (Å²) in [6.07, 6.45) is 0.200. The third-order valence-corrected chi connectivity index (χ3v) is 3.96. The van der Waals surface area contributed by atoms with E-state index < -0.39 is 5.54 Å². The number of halogens is 1. The number of hydrogen-bond acceptors (Lipinski definition) is 4. The normalized spacial score (nSPS) is 12.8. The van der Waals surface area contributed by atoms with Crippen LogP contribution in [-0.2, 0) is 10.3 Å². The number of ether oxygens (including phenoxy) is 3. The second-order valence-corrected chi connectivity index (χ2v) is 6.29. The predicted molar refractivity (Wildman–Crippen MR) is 90.2 cm³/mol. The van der Waals surface area contributed by atoms with E-state index in [9.17, 15) is 9.18 Å². The molecule has 0 unspecified atom stereocenters. The van der Waals surface area contributed by atoms with Crippen molar-refractivity contribution in [3.63, 3.8) is 0 Å². The summed E-state index contributed by atoms with van der Waals surface area (Å²) in [5, 5.41) is 2.98. The highest BCUT2D eigenvalue weighted by molar-refractivity contribution is 5.77. The van der Waals surface area contributed by atoms with E-state index in [0.29, 0.717) is 17.2 Å². The van der Waals surface area contributed by atoms with Gasteiger partial charge in [-0.15, -0.1) is 0 Å². The first-order valence-corrected chi connectivity index (χ1v) is 8.03. The van der Waals surface area contributed by atoms with Gasteiger partial charge in [0.15, 0.2) is 11.5 Å². The van der Waals surface area contributed by atoms with Crippen LogP contribution in [0.4, 0.5) is 4.39 Å². The van der Waals surface area contributed by atoms with Gasteiger partial charge in [-0.1, -0.05) is 6.07 Å². The average Bonchev–Trinajstić information content (AvgIpc) is 3.04. The summed E-state index contributed by atoms with van der Waals surface area (Å²) < 4.78 is 29.0. The minimum Gasteiger partial charge on any atom is -0.493 e. The fourth-order valence-corrected chi connectivity index (χ4v) is 2.56. The number of benzene rings is 2. The van der Waals surface area contributed by atoms with E-state index in [4.69, 9.17) is 14.2 Å². The van der Waals surface area contributed by atoms with Crippen molar-refractivity contribution in [2.75, 3.05) is 13.4 Å². The number of carbonyl (C=O) groups excluding carboxylic acids is 1. The van der Waals surface area contributed by atoms with Gasteiger partial charge < -0.3 is 19.5 Å². The summed E-state index contributed by atoms with van der Waals surface area (Å²) in [5.41, 5.74) is 0.359. The van der Waals surface area contributed by atoms with Crippen LogP contribution in [0.3, 0.4) is 0 Å². The van der Waals surface area contributed by atoms with Gasteiger partial charge in [-0.25, -0.2) is 4.39 Å². The Bertz CT molecular complexity index is 759. The lowest BCUT2D eigenvalue weighted by atomic mass is 9.93. The van der Waals surface area contributed by atoms with Crippen LogP contribution >= 0.6 is 0 Å². The molecule has 0 radical (unpaired) electrons. The van der Waals surface area contributed by atoms with Gasteiger partial charge in [-0.05, 0) is 55.8 Å². The van der Waals surface area contributed by atoms with Crippen LogP contribution in [-0.4, -0.2) is 19.3 Å². The van der Waals surface area contributed by atoms with Crippen LogP contribution in [0.1, 0.15) is 25.8 Å². The topological polar surface area (TPSA) is 56.8 Å². The van der Waals surface area contributed by atoms with E-state index in [1.165, 1.54) is 24.3 Å². The Labute approximate surface area is 145 Å². The molecular formula is C19H20FNO4. The first-order chi connectivity index (χ1) is 11.9. The van der Waals surface area contributed by atoms with Gasteiger partial charge in [0.1, 0.15) is 11.6 Å². The number of fused-ring (bicyclic) bond motifs is 1. The van der Waals surface area contributed by atoms with Gasteiger partial charge in [0.05, 0.1) is 18.6 Å².